The van der Waals surface area contributed by atoms with Crippen LogP contribution in [0.1, 0.15) is 43.2 Å². The van der Waals surface area contributed by atoms with E-state index in [0.717, 1.165) is 31.5 Å². The Bertz CT molecular complexity index is 557. The first-order chi connectivity index (χ1) is 11.4. The molecule has 0 spiro atoms. The minimum absolute atomic E-state index is 0.0578. The van der Waals surface area contributed by atoms with Gasteiger partial charge in [-0.15, -0.1) is 0 Å². The molecule has 6 heteroatoms. The van der Waals surface area contributed by atoms with Crippen LogP contribution < -0.4 is 5.32 Å². The summed E-state index contributed by atoms with van der Waals surface area (Å²) in [6.45, 7) is 4.06. The molecule has 1 aromatic carbocycles. The van der Waals surface area contributed by atoms with Gasteiger partial charge in [0, 0.05) is 13.1 Å². The van der Waals surface area contributed by atoms with Gasteiger partial charge in [0.05, 0.1) is 11.5 Å². The van der Waals surface area contributed by atoms with Crippen molar-refractivity contribution < 1.29 is 18.0 Å². The zero-order valence-corrected chi connectivity index (χ0v) is 14.2. The van der Waals surface area contributed by atoms with Crippen molar-refractivity contribution in [2.24, 2.45) is 5.92 Å². The number of carbonyl (C=O) groups is 1. The van der Waals surface area contributed by atoms with E-state index in [2.05, 4.69) is 5.32 Å². The maximum atomic E-state index is 12.9. The number of hydrogen-bond acceptors (Lipinski definition) is 2. The highest BCUT2D eigenvalue weighted by molar-refractivity contribution is 5.83. The molecule has 1 fully saturated rings. The normalized spacial score (nSPS) is 20.0. The Hall–Kier alpha value is -1.56. The van der Waals surface area contributed by atoms with Crippen molar-refractivity contribution in [2.75, 3.05) is 26.7 Å². The van der Waals surface area contributed by atoms with E-state index >= 15 is 0 Å². The second-order valence-corrected chi connectivity index (χ2v) is 6.43. The van der Waals surface area contributed by atoms with E-state index < -0.39 is 17.7 Å². The lowest BCUT2D eigenvalue weighted by Gasteiger charge is -2.35. The molecule has 1 heterocycles. The third kappa shape index (κ3) is 4.50. The number of likely N-dealkylation sites (tertiary alicyclic amines) is 1. The first-order valence-electron chi connectivity index (χ1n) is 8.47. The maximum absolute atomic E-state index is 12.9. The lowest BCUT2D eigenvalue weighted by atomic mass is 9.91. The first kappa shape index (κ1) is 18.8. The molecule has 2 rings (SSSR count). The molecule has 0 radical (unpaired) electrons. The smallest absolute Gasteiger partial charge is 0.342 e. The van der Waals surface area contributed by atoms with Crippen LogP contribution in [0.3, 0.4) is 0 Å². The fourth-order valence-electron chi connectivity index (χ4n) is 3.43. The van der Waals surface area contributed by atoms with Crippen LogP contribution in [0.2, 0.25) is 0 Å². The quantitative estimate of drug-likeness (QED) is 0.886. The molecule has 1 amide bonds. The molecule has 1 aliphatic rings. The molecule has 0 bridgehead atoms. The van der Waals surface area contributed by atoms with Gasteiger partial charge in [-0.2, -0.15) is 13.2 Å². The summed E-state index contributed by atoms with van der Waals surface area (Å²) in [7, 11) is 1.89. The van der Waals surface area contributed by atoms with Gasteiger partial charge in [-0.05, 0) is 50.4 Å². The first-order valence-corrected chi connectivity index (χ1v) is 8.47. The Balaban J connectivity index is 2.17. The zero-order chi connectivity index (χ0) is 17.7. The molecule has 2 unspecified atom stereocenters. The summed E-state index contributed by atoms with van der Waals surface area (Å²) < 4.78 is 38.8. The van der Waals surface area contributed by atoms with Crippen molar-refractivity contribution in [2.45, 2.75) is 38.3 Å². The summed E-state index contributed by atoms with van der Waals surface area (Å²) in [5, 5.41) is 3.13. The highest BCUT2D eigenvalue weighted by Crippen LogP contribution is 2.33. The van der Waals surface area contributed by atoms with E-state index in [1.54, 1.807) is 6.07 Å². The number of alkyl halides is 3. The average molecular weight is 342 g/mol. The number of carbonyl (C=O) groups excluding carboxylic acids is 1. The van der Waals surface area contributed by atoms with Crippen molar-refractivity contribution in [3.63, 3.8) is 0 Å². The van der Waals surface area contributed by atoms with Crippen LogP contribution in [0, 0.1) is 5.92 Å². The largest absolute Gasteiger partial charge is 0.416 e. The molecule has 0 saturated carbocycles. The van der Waals surface area contributed by atoms with Gasteiger partial charge in [0.15, 0.2) is 0 Å². The van der Waals surface area contributed by atoms with Crippen molar-refractivity contribution in [3.8, 4) is 0 Å². The Kier molecular flexibility index (Phi) is 6.27. The van der Waals surface area contributed by atoms with Gasteiger partial charge >= 0.3 is 6.18 Å². The lowest BCUT2D eigenvalue weighted by molar-refractivity contribution is -0.138. The molecule has 0 aromatic heterocycles. The van der Waals surface area contributed by atoms with Crippen molar-refractivity contribution in [3.05, 3.63) is 35.4 Å². The van der Waals surface area contributed by atoms with E-state index in [0.29, 0.717) is 31.0 Å². The molecular weight excluding hydrogens is 317 g/mol. The average Bonchev–Trinajstić information content (AvgIpc) is 2.55. The molecular formula is C18H25F3N2O. The number of piperidine rings is 1. The fourth-order valence-corrected chi connectivity index (χ4v) is 3.43. The van der Waals surface area contributed by atoms with E-state index in [1.165, 1.54) is 6.07 Å². The van der Waals surface area contributed by atoms with Gasteiger partial charge in [-0.25, -0.2) is 0 Å². The number of nitrogens with zero attached hydrogens (tertiary/aromatic N) is 1. The molecule has 0 aliphatic carbocycles. The van der Waals surface area contributed by atoms with Gasteiger partial charge in [-0.3, -0.25) is 4.79 Å². The van der Waals surface area contributed by atoms with E-state index in [1.807, 2.05) is 18.9 Å². The van der Waals surface area contributed by atoms with Crippen LogP contribution >= 0.6 is 0 Å². The molecule has 24 heavy (non-hydrogen) atoms. The molecule has 134 valence electrons. The lowest BCUT2D eigenvalue weighted by Crippen LogP contribution is -2.44. The Morgan fingerprint density at radius 1 is 1.42 bits per heavy atom. The van der Waals surface area contributed by atoms with Crippen molar-refractivity contribution in [1.29, 1.82) is 0 Å². The number of hydrogen-bond donors (Lipinski definition) is 1. The summed E-state index contributed by atoms with van der Waals surface area (Å²) >= 11 is 0. The van der Waals surface area contributed by atoms with Crippen LogP contribution in [0.5, 0.6) is 0 Å². The van der Waals surface area contributed by atoms with E-state index in [9.17, 15) is 18.0 Å². The van der Waals surface area contributed by atoms with Crippen LogP contribution in [0.25, 0.3) is 0 Å². The molecule has 1 saturated heterocycles. The predicted octanol–water partition coefficient (Wildman–Crippen LogP) is 3.66. The van der Waals surface area contributed by atoms with Gasteiger partial charge in [-0.1, -0.05) is 25.1 Å². The number of amides is 1. The fraction of sp³-hybridized carbons (Fsp3) is 0.611. The number of nitrogens with one attached hydrogen (secondary N) is 1. The topological polar surface area (TPSA) is 32.3 Å². The van der Waals surface area contributed by atoms with Crippen LogP contribution in [-0.2, 0) is 11.0 Å². The number of rotatable bonds is 5. The standard InChI is InChI=1S/C18H25F3N2O/c1-3-16(14-7-4-8-15(10-14)18(19,20)21)17(24)23-9-5-6-13(12-23)11-22-2/h4,7-8,10,13,16,22H,3,5-6,9,11-12H2,1-2H3. The van der Waals surface area contributed by atoms with E-state index in [4.69, 9.17) is 0 Å². The maximum Gasteiger partial charge on any atom is 0.416 e. The monoisotopic (exact) mass is 342 g/mol. The van der Waals surface area contributed by atoms with Gasteiger partial charge in [0.1, 0.15) is 0 Å². The van der Waals surface area contributed by atoms with Crippen molar-refractivity contribution >= 4 is 5.91 Å². The van der Waals surface area contributed by atoms with Crippen LogP contribution in [0.15, 0.2) is 24.3 Å². The Morgan fingerprint density at radius 3 is 2.79 bits per heavy atom. The second-order valence-electron chi connectivity index (χ2n) is 6.43. The second kappa shape index (κ2) is 8.01. The summed E-state index contributed by atoms with van der Waals surface area (Å²) in [6, 6.07) is 5.16. The zero-order valence-electron chi connectivity index (χ0n) is 14.2. The van der Waals surface area contributed by atoms with Gasteiger partial charge in [0.2, 0.25) is 5.91 Å². The van der Waals surface area contributed by atoms with Gasteiger partial charge in [0.25, 0.3) is 0 Å². The highest BCUT2D eigenvalue weighted by atomic mass is 19.4. The minimum atomic E-state index is -4.39. The van der Waals surface area contributed by atoms with Gasteiger partial charge < -0.3 is 10.2 Å². The minimum Gasteiger partial charge on any atom is -0.342 e. The Morgan fingerprint density at radius 2 is 2.17 bits per heavy atom. The molecule has 3 nitrogen and oxygen atoms in total. The summed E-state index contributed by atoms with van der Waals surface area (Å²) in [5.74, 6) is -0.162. The summed E-state index contributed by atoms with van der Waals surface area (Å²) in [5.41, 5.74) is -0.244. The van der Waals surface area contributed by atoms with Crippen molar-refractivity contribution in [1.82, 2.24) is 10.2 Å². The van der Waals surface area contributed by atoms with Crippen LogP contribution in [-0.4, -0.2) is 37.5 Å². The van der Waals surface area contributed by atoms with E-state index in [-0.39, 0.29) is 5.91 Å². The SMILES string of the molecule is CCC(C(=O)N1CCCC(CNC)C1)c1cccc(C(F)(F)F)c1. The number of halogens is 3. The number of benzene rings is 1. The third-order valence-electron chi connectivity index (χ3n) is 4.65. The molecule has 1 aromatic rings. The summed E-state index contributed by atoms with van der Waals surface area (Å²) in [6.07, 6.45) is -1.88. The third-order valence-corrected chi connectivity index (χ3v) is 4.65. The highest BCUT2D eigenvalue weighted by Gasteiger charge is 2.33. The molecule has 1 aliphatic heterocycles. The van der Waals surface area contributed by atoms with Crippen LogP contribution in [0.4, 0.5) is 13.2 Å². The predicted molar refractivity (Wildman–Crippen MR) is 87.7 cm³/mol. The summed E-state index contributed by atoms with van der Waals surface area (Å²) in [4.78, 5) is 14.7. The molecule has 2 atom stereocenters. The Labute approximate surface area is 141 Å². The molecule has 1 N–H and O–H groups in total.